The van der Waals surface area contributed by atoms with Gasteiger partial charge >= 0.3 is 93.0 Å². The molecule has 1 nitrogen and oxygen atoms in total. The van der Waals surface area contributed by atoms with Crippen molar-refractivity contribution in [1.82, 2.24) is 0 Å². The van der Waals surface area contributed by atoms with Gasteiger partial charge in [0.1, 0.15) is 0 Å². The van der Waals surface area contributed by atoms with Crippen molar-refractivity contribution in [3.63, 3.8) is 0 Å². The van der Waals surface area contributed by atoms with Crippen LogP contribution in [-0.2, 0) is 4.79 Å². The maximum absolute atomic E-state index is 11.6. The number of halogens is 1. The molecule has 0 rings (SSSR count). The predicted octanol–water partition coefficient (Wildman–Crippen LogP) is 0.0843. The summed E-state index contributed by atoms with van der Waals surface area (Å²) in [6.07, 6.45) is 2.52. The Bertz CT molecular complexity index is 156. The van der Waals surface area contributed by atoms with E-state index in [-0.39, 0.29) is 26.6 Å². The van der Waals surface area contributed by atoms with Gasteiger partial charge in [-0.3, -0.25) is 0 Å². The molecule has 0 saturated carbocycles. The molecule has 13 heavy (non-hydrogen) atoms. The van der Waals surface area contributed by atoms with Gasteiger partial charge in [-0.1, -0.05) is 0 Å². The monoisotopic (exact) mass is 297 g/mol. The number of carbonyl (C=O) groups excluding carboxylic acids is 1. The molecule has 0 bridgehead atoms. The second-order valence-corrected chi connectivity index (χ2v) is 7.70. The van der Waals surface area contributed by atoms with Gasteiger partial charge in [-0.05, 0) is 0 Å². The van der Waals surface area contributed by atoms with Gasteiger partial charge in [-0.25, -0.2) is 0 Å². The molecule has 0 radical (unpaired) electrons. The first-order valence-electron chi connectivity index (χ1n) is 4.97. The van der Waals surface area contributed by atoms with E-state index in [4.69, 9.17) is 0 Å². The van der Waals surface area contributed by atoms with Crippen molar-refractivity contribution >= 4 is 3.79 Å². The zero-order chi connectivity index (χ0) is 10.5. The van der Waals surface area contributed by atoms with Crippen LogP contribution >= 0.6 is 0 Å². The third kappa shape index (κ3) is 7.47. The first-order chi connectivity index (χ1) is 5.84. The summed E-state index contributed by atoms with van der Waals surface area (Å²) in [7, 11) is 0. The van der Waals surface area contributed by atoms with Gasteiger partial charge < -0.3 is 0 Å². The summed E-state index contributed by atoms with van der Waals surface area (Å²) in [5.41, 5.74) is -0.0922. The summed E-state index contributed by atoms with van der Waals surface area (Å²) in [5, 5.41) is 0. The molecule has 0 aliphatic heterocycles. The van der Waals surface area contributed by atoms with Crippen LogP contribution in [0.2, 0.25) is 0 Å². The maximum atomic E-state index is 11.6. The molecular weight excluding hydrogens is 275 g/mol. The van der Waals surface area contributed by atoms with Crippen molar-refractivity contribution in [2.24, 2.45) is 11.3 Å². The molecule has 0 unspecified atom stereocenters. The Morgan fingerprint density at radius 1 is 1.31 bits per heavy atom. The topological polar surface area (TPSA) is 17.1 Å². The van der Waals surface area contributed by atoms with E-state index in [1.54, 1.807) is 0 Å². The molecule has 0 fully saturated rings. The molecule has 80 valence electrons. The number of hydrogen-bond donors (Lipinski definition) is 0. The summed E-state index contributed by atoms with van der Waals surface area (Å²) in [5.74, 6) is 0.786. The summed E-state index contributed by atoms with van der Waals surface area (Å²) in [6.45, 7) is 10.6. The zero-order valence-corrected chi connectivity index (χ0v) is 11.6. The number of carbonyl (C=O) groups is 1. The van der Waals surface area contributed by atoms with E-state index >= 15 is 0 Å². The molecule has 0 aromatic heterocycles. The van der Waals surface area contributed by atoms with Crippen LogP contribution in [0.15, 0.2) is 0 Å². The summed E-state index contributed by atoms with van der Waals surface area (Å²) in [4.78, 5) is 11.6. The second-order valence-electron chi connectivity index (χ2n) is 4.88. The third-order valence-corrected chi connectivity index (χ3v) is 5.33. The quantitative estimate of drug-likeness (QED) is 0.304. The van der Waals surface area contributed by atoms with Crippen LogP contribution in [-0.4, -0.2) is 8.22 Å². The molecule has 0 aromatic carbocycles. The molecule has 0 N–H and O–H groups in total. The molecule has 0 aliphatic carbocycles. The fourth-order valence-electron chi connectivity index (χ4n) is 0.838. The average molecular weight is 297 g/mol. The number of rotatable bonds is 5. The minimum atomic E-state index is -0.199. The van der Waals surface area contributed by atoms with Gasteiger partial charge in [-0.15, -0.1) is 0 Å². The molecule has 0 atom stereocenters. The molecule has 0 saturated heterocycles. The van der Waals surface area contributed by atoms with Crippen molar-refractivity contribution in [2.75, 3.05) is 4.43 Å². The van der Waals surface area contributed by atoms with Gasteiger partial charge in [-0.2, -0.15) is 0 Å². The van der Waals surface area contributed by atoms with E-state index in [1.807, 2.05) is 20.8 Å². The van der Waals surface area contributed by atoms with Crippen molar-refractivity contribution in [3.05, 3.63) is 0 Å². The Kier molecular flexibility index (Phi) is 6.18. The van der Waals surface area contributed by atoms with Gasteiger partial charge in [0.2, 0.25) is 0 Å². The molecule has 0 spiro atoms. The number of alkyl halides is 1. The van der Waals surface area contributed by atoms with Crippen LogP contribution in [0.1, 0.15) is 47.5 Å². The summed E-state index contributed by atoms with van der Waals surface area (Å²) >= 11 is -0.199. The Morgan fingerprint density at radius 3 is 2.23 bits per heavy atom. The van der Waals surface area contributed by atoms with Crippen LogP contribution in [0, 0.1) is 11.3 Å². The van der Waals surface area contributed by atoms with Crippen molar-refractivity contribution < 1.29 is 26.0 Å². The Morgan fingerprint density at radius 2 is 1.85 bits per heavy atom. The van der Waals surface area contributed by atoms with E-state index in [0.29, 0.717) is 3.79 Å². The Hall–Kier alpha value is 0.400. The van der Waals surface area contributed by atoms with Gasteiger partial charge in [0, 0.05) is 0 Å². The SMILES string of the molecule is CC(C)CCC[I-]C(=O)C(C)(C)C. The fourth-order valence-corrected chi connectivity index (χ4v) is 3.29. The van der Waals surface area contributed by atoms with Gasteiger partial charge in [0.25, 0.3) is 0 Å². The van der Waals surface area contributed by atoms with Crippen molar-refractivity contribution in [1.29, 1.82) is 0 Å². The van der Waals surface area contributed by atoms with Crippen LogP contribution in [0.3, 0.4) is 0 Å². The molecule has 0 aliphatic rings. The van der Waals surface area contributed by atoms with Crippen LogP contribution in [0.4, 0.5) is 0 Å². The second kappa shape index (κ2) is 5.99. The minimum absolute atomic E-state index is 0.0922. The molecule has 0 heterocycles. The van der Waals surface area contributed by atoms with E-state index in [9.17, 15) is 4.79 Å². The van der Waals surface area contributed by atoms with Crippen molar-refractivity contribution in [3.8, 4) is 0 Å². The normalized spacial score (nSPS) is 12.5. The first kappa shape index (κ1) is 13.4. The average Bonchev–Trinajstić information content (AvgIpc) is 1.95. The van der Waals surface area contributed by atoms with Gasteiger partial charge in [0.15, 0.2) is 0 Å². The molecule has 2 heteroatoms. The van der Waals surface area contributed by atoms with Gasteiger partial charge in [0.05, 0.1) is 0 Å². The third-order valence-electron chi connectivity index (χ3n) is 1.72. The Labute approximate surface area is 92.9 Å². The molecular formula is C11H22IO-. The first-order valence-corrected chi connectivity index (χ1v) is 7.58. The van der Waals surface area contributed by atoms with E-state index in [0.717, 1.165) is 5.92 Å². The van der Waals surface area contributed by atoms with Crippen LogP contribution in [0.25, 0.3) is 0 Å². The zero-order valence-electron chi connectivity index (χ0n) is 9.48. The van der Waals surface area contributed by atoms with Crippen LogP contribution < -0.4 is 21.2 Å². The predicted molar refractivity (Wildman–Crippen MR) is 53.4 cm³/mol. The Balaban J connectivity index is 3.49. The molecule has 0 aromatic rings. The van der Waals surface area contributed by atoms with Crippen LogP contribution in [0.5, 0.6) is 0 Å². The number of hydrogen-bond acceptors (Lipinski definition) is 1. The summed E-state index contributed by atoms with van der Waals surface area (Å²) < 4.78 is 1.68. The van der Waals surface area contributed by atoms with Crippen molar-refractivity contribution in [2.45, 2.75) is 47.5 Å². The standard InChI is InChI=1S/C11H22IO/c1-9(2)7-6-8-12-10(13)11(3,4)5/h9H,6-8H2,1-5H3/q-1. The van der Waals surface area contributed by atoms with E-state index in [1.165, 1.54) is 17.3 Å². The fraction of sp³-hybridized carbons (Fsp3) is 0.909. The summed E-state index contributed by atoms with van der Waals surface area (Å²) in [6, 6.07) is 0. The molecule has 0 amide bonds. The van der Waals surface area contributed by atoms with E-state index < -0.39 is 0 Å². The van der Waals surface area contributed by atoms with E-state index in [2.05, 4.69) is 13.8 Å².